The van der Waals surface area contributed by atoms with E-state index < -0.39 is 0 Å². The van der Waals surface area contributed by atoms with Crippen molar-refractivity contribution >= 4 is 27.2 Å². The molecule has 0 saturated heterocycles. The summed E-state index contributed by atoms with van der Waals surface area (Å²) in [5, 5.41) is 4.28. The number of hydrogen-bond donors (Lipinski definition) is 2. The van der Waals surface area contributed by atoms with Gasteiger partial charge in [-0.25, -0.2) is 4.98 Å². The number of rotatable bonds is 4. The molecule has 0 unspecified atom stereocenters. The monoisotopic (exact) mass is 381 g/mol. The van der Waals surface area contributed by atoms with E-state index in [2.05, 4.69) is 55.3 Å². The summed E-state index contributed by atoms with van der Waals surface area (Å²) in [6.45, 7) is 8.70. The van der Waals surface area contributed by atoms with Crippen LogP contribution < -0.4 is 10.9 Å². The topological polar surface area (TPSA) is 57.8 Å². The van der Waals surface area contributed by atoms with Crippen LogP contribution in [0.1, 0.15) is 67.9 Å². The summed E-state index contributed by atoms with van der Waals surface area (Å²) in [6, 6.07) is 8.41. The molecule has 5 heteroatoms. The Morgan fingerprint density at radius 1 is 1.22 bits per heavy atom. The Kier molecular flexibility index (Phi) is 4.81. The second-order valence-corrected chi connectivity index (χ2v) is 9.21. The highest BCUT2D eigenvalue weighted by molar-refractivity contribution is 7.18. The molecule has 4 rings (SSSR count). The molecule has 0 amide bonds. The number of H-pyrrole nitrogens is 1. The summed E-state index contributed by atoms with van der Waals surface area (Å²) in [5.74, 6) is 1.91. The van der Waals surface area contributed by atoms with Gasteiger partial charge in [0.15, 0.2) is 0 Å². The van der Waals surface area contributed by atoms with Crippen molar-refractivity contribution in [2.75, 3.05) is 5.32 Å². The maximum atomic E-state index is 12.8. The predicted octanol–water partition coefficient (Wildman–Crippen LogP) is 5.41. The van der Waals surface area contributed by atoms with Crippen LogP contribution >= 0.6 is 11.3 Å². The van der Waals surface area contributed by atoms with Crippen molar-refractivity contribution in [1.29, 1.82) is 0 Å². The van der Waals surface area contributed by atoms with Gasteiger partial charge in [-0.1, -0.05) is 32.9 Å². The van der Waals surface area contributed by atoms with E-state index in [1.807, 2.05) is 6.92 Å². The van der Waals surface area contributed by atoms with E-state index in [1.165, 1.54) is 16.0 Å². The lowest BCUT2D eigenvalue weighted by Crippen LogP contribution is -2.18. The second-order valence-electron chi connectivity index (χ2n) is 8.13. The van der Waals surface area contributed by atoms with Crippen molar-refractivity contribution < 1.29 is 0 Å². The molecule has 2 heterocycles. The maximum Gasteiger partial charge on any atom is 0.259 e. The van der Waals surface area contributed by atoms with Crippen LogP contribution in [0.3, 0.4) is 0 Å². The minimum Gasteiger partial charge on any atom is -0.375 e. The molecule has 4 nitrogen and oxygen atoms in total. The number of nitrogens with one attached hydrogen (secondary N) is 2. The molecule has 27 heavy (non-hydrogen) atoms. The van der Waals surface area contributed by atoms with Crippen molar-refractivity contribution in [2.24, 2.45) is 5.92 Å². The first-order chi connectivity index (χ1) is 12.9. The van der Waals surface area contributed by atoms with Crippen molar-refractivity contribution in [3.05, 3.63) is 56.4 Å². The molecule has 0 fully saturated rings. The lowest BCUT2D eigenvalue weighted by atomic mass is 9.89. The summed E-state index contributed by atoms with van der Waals surface area (Å²) in [7, 11) is 0. The van der Waals surface area contributed by atoms with E-state index in [0.29, 0.717) is 17.7 Å². The Labute approximate surface area is 164 Å². The zero-order valence-corrected chi connectivity index (χ0v) is 17.2. The molecule has 142 valence electrons. The summed E-state index contributed by atoms with van der Waals surface area (Å²) in [5.41, 5.74) is 3.60. The molecule has 0 aliphatic heterocycles. The quantitative estimate of drug-likeness (QED) is 0.635. The van der Waals surface area contributed by atoms with E-state index in [4.69, 9.17) is 4.98 Å². The van der Waals surface area contributed by atoms with E-state index >= 15 is 0 Å². The summed E-state index contributed by atoms with van der Waals surface area (Å²) < 4.78 is 0. The highest BCUT2D eigenvalue weighted by atomic mass is 32.1. The number of hydrogen-bond acceptors (Lipinski definition) is 4. The molecule has 1 aliphatic carbocycles. The van der Waals surface area contributed by atoms with Gasteiger partial charge >= 0.3 is 0 Å². The zero-order chi connectivity index (χ0) is 19.1. The highest BCUT2D eigenvalue weighted by Gasteiger charge is 2.23. The summed E-state index contributed by atoms with van der Waals surface area (Å²) in [4.78, 5) is 22.8. The Morgan fingerprint density at radius 3 is 2.67 bits per heavy atom. The van der Waals surface area contributed by atoms with Crippen LogP contribution in [0.25, 0.3) is 10.2 Å². The Morgan fingerprint density at radius 2 is 1.96 bits per heavy atom. The predicted molar refractivity (Wildman–Crippen MR) is 114 cm³/mol. The fourth-order valence-electron chi connectivity index (χ4n) is 3.85. The van der Waals surface area contributed by atoms with E-state index in [1.54, 1.807) is 11.3 Å². The fraction of sp³-hybridized carbons (Fsp3) is 0.455. The molecule has 1 aliphatic rings. The van der Waals surface area contributed by atoms with Crippen LogP contribution in [0.2, 0.25) is 0 Å². The number of aryl methyl sites for hydroxylation is 1. The first-order valence-electron chi connectivity index (χ1n) is 9.83. The summed E-state index contributed by atoms with van der Waals surface area (Å²) in [6.07, 6.45) is 3.22. The van der Waals surface area contributed by atoms with E-state index in [9.17, 15) is 4.79 Å². The molecular formula is C22H27N3OS. The standard InChI is InChI=1S/C22H27N3OS/c1-12(2)15-6-8-16(9-7-15)23-14(4)20-24-21(26)19-17-10-5-13(3)11-18(17)27-22(19)25-20/h6-9,12-14,23H,5,10-11H2,1-4H3,(H,24,25,26)/t13-,14+/m1/s1. The number of thiophene rings is 1. The normalized spacial score (nSPS) is 17.9. The van der Waals surface area contributed by atoms with Crippen molar-refractivity contribution in [2.45, 2.75) is 58.9 Å². The molecule has 2 atom stereocenters. The van der Waals surface area contributed by atoms with Gasteiger partial charge in [0.1, 0.15) is 10.7 Å². The average molecular weight is 382 g/mol. The lowest BCUT2D eigenvalue weighted by molar-refractivity contribution is 0.509. The van der Waals surface area contributed by atoms with Crippen LogP contribution in [-0.2, 0) is 12.8 Å². The second kappa shape index (κ2) is 7.12. The molecule has 2 N–H and O–H groups in total. The first kappa shape index (κ1) is 18.2. The van der Waals surface area contributed by atoms with Crippen LogP contribution in [0.4, 0.5) is 5.69 Å². The van der Waals surface area contributed by atoms with Gasteiger partial charge in [0.2, 0.25) is 0 Å². The third kappa shape index (κ3) is 3.53. The maximum absolute atomic E-state index is 12.8. The molecule has 0 bridgehead atoms. The molecule has 0 saturated carbocycles. The van der Waals surface area contributed by atoms with Crippen LogP contribution in [0.5, 0.6) is 0 Å². The smallest absolute Gasteiger partial charge is 0.259 e. The highest BCUT2D eigenvalue weighted by Crippen LogP contribution is 2.36. The fourth-order valence-corrected chi connectivity index (χ4v) is 5.24. The SMILES string of the molecule is CC(C)c1ccc(N[C@@H](C)c2nc3sc4c(c3c(=O)[nH]2)CC[C@@H](C)C4)cc1. The van der Waals surface area contributed by atoms with Crippen molar-refractivity contribution in [3.8, 4) is 0 Å². The largest absolute Gasteiger partial charge is 0.375 e. The third-order valence-corrected chi connectivity index (χ3v) is 6.70. The van der Waals surface area contributed by atoms with Gasteiger partial charge in [-0.2, -0.15) is 0 Å². The molecular weight excluding hydrogens is 354 g/mol. The lowest BCUT2D eigenvalue weighted by Gasteiger charge is -2.17. The molecule has 3 aromatic rings. The van der Waals surface area contributed by atoms with Gasteiger partial charge in [-0.05, 0) is 61.3 Å². The molecule has 2 aromatic heterocycles. The minimum atomic E-state index is -0.0648. The molecule has 0 spiro atoms. The Hall–Kier alpha value is -2.14. The molecule has 0 radical (unpaired) electrons. The van der Waals surface area contributed by atoms with Gasteiger partial charge in [0, 0.05) is 10.6 Å². The van der Waals surface area contributed by atoms with Gasteiger partial charge < -0.3 is 10.3 Å². The minimum absolute atomic E-state index is 0.00542. The van der Waals surface area contributed by atoms with E-state index in [0.717, 1.165) is 35.2 Å². The number of benzene rings is 1. The van der Waals surface area contributed by atoms with Gasteiger partial charge in [-0.15, -0.1) is 11.3 Å². The van der Waals surface area contributed by atoms with Crippen molar-refractivity contribution in [1.82, 2.24) is 9.97 Å². The number of aromatic amines is 1. The number of fused-ring (bicyclic) bond motifs is 3. The Balaban J connectivity index is 1.62. The number of aromatic nitrogens is 2. The van der Waals surface area contributed by atoms with Gasteiger partial charge in [0.25, 0.3) is 5.56 Å². The van der Waals surface area contributed by atoms with Crippen LogP contribution in [0.15, 0.2) is 29.1 Å². The van der Waals surface area contributed by atoms with Crippen LogP contribution in [0, 0.1) is 5.92 Å². The number of anilines is 1. The zero-order valence-electron chi connectivity index (χ0n) is 16.4. The summed E-state index contributed by atoms with van der Waals surface area (Å²) >= 11 is 1.70. The van der Waals surface area contributed by atoms with Gasteiger partial charge in [-0.3, -0.25) is 4.79 Å². The van der Waals surface area contributed by atoms with Crippen molar-refractivity contribution in [3.63, 3.8) is 0 Å². The third-order valence-electron chi connectivity index (χ3n) is 5.55. The van der Waals surface area contributed by atoms with Gasteiger partial charge in [0.05, 0.1) is 11.4 Å². The average Bonchev–Trinajstić information content (AvgIpc) is 2.99. The molecule has 1 aromatic carbocycles. The van der Waals surface area contributed by atoms with Crippen LogP contribution in [-0.4, -0.2) is 9.97 Å². The number of nitrogens with zero attached hydrogens (tertiary/aromatic N) is 1. The Bertz CT molecular complexity index is 1020. The first-order valence-corrected chi connectivity index (χ1v) is 10.6. The van der Waals surface area contributed by atoms with E-state index in [-0.39, 0.29) is 11.6 Å².